The summed E-state index contributed by atoms with van der Waals surface area (Å²) in [6, 6.07) is 10.4. The molecule has 0 unspecified atom stereocenters. The first-order chi connectivity index (χ1) is 13.6. The molecule has 1 saturated heterocycles. The number of esters is 1. The second-order valence-electron chi connectivity index (χ2n) is 8.48. The second kappa shape index (κ2) is 10.6. The van der Waals surface area contributed by atoms with Crippen molar-refractivity contribution < 1.29 is 14.3 Å². The first-order valence-corrected chi connectivity index (χ1v) is 10.8. The summed E-state index contributed by atoms with van der Waals surface area (Å²) in [5.41, 5.74) is 1.35. The van der Waals surface area contributed by atoms with E-state index < -0.39 is 0 Å². The summed E-state index contributed by atoms with van der Waals surface area (Å²) in [6.45, 7) is 5.53. The number of nitrogens with zero attached hydrogens (tertiary/aromatic N) is 1. The summed E-state index contributed by atoms with van der Waals surface area (Å²) in [6.07, 6.45) is 6.57. The van der Waals surface area contributed by atoms with E-state index in [0.29, 0.717) is 12.5 Å². The molecule has 28 heavy (non-hydrogen) atoms. The molecule has 1 aromatic carbocycles. The summed E-state index contributed by atoms with van der Waals surface area (Å²) in [5, 5.41) is 2.97. The van der Waals surface area contributed by atoms with Crippen LogP contribution in [0.3, 0.4) is 0 Å². The van der Waals surface area contributed by atoms with Crippen LogP contribution in [0.2, 0.25) is 0 Å². The molecule has 2 aliphatic rings. The van der Waals surface area contributed by atoms with Crippen molar-refractivity contribution in [1.82, 2.24) is 10.2 Å². The van der Waals surface area contributed by atoms with Crippen LogP contribution in [0, 0.1) is 11.8 Å². The maximum atomic E-state index is 12.1. The van der Waals surface area contributed by atoms with Gasteiger partial charge in [-0.2, -0.15) is 0 Å². The van der Waals surface area contributed by atoms with Gasteiger partial charge in [0.25, 0.3) is 0 Å². The van der Waals surface area contributed by atoms with Gasteiger partial charge in [0, 0.05) is 25.0 Å². The molecule has 0 bridgehead atoms. The van der Waals surface area contributed by atoms with Crippen molar-refractivity contribution in [3.8, 4) is 0 Å². The SMILES string of the molecule is C[C@@H](CC(=O)OCC[C@@H]1CCN(Cc2ccccc2)C1)NC(=O)C1CCCC1. The zero-order valence-electron chi connectivity index (χ0n) is 17.1. The summed E-state index contributed by atoms with van der Waals surface area (Å²) in [5.74, 6) is 0.622. The Morgan fingerprint density at radius 1 is 1.18 bits per heavy atom. The van der Waals surface area contributed by atoms with Gasteiger partial charge in [0.15, 0.2) is 0 Å². The van der Waals surface area contributed by atoms with Gasteiger partial charge >= 0.3 is 5.97 Å². The van der Waals surface area contributed by atoms with E-state index in [1.165, 1.54) is 5.56 Å². The third-order valence-electron chi connectivity index (χ3n) is 6.00. The fraction of sp³-hybridized carbons (Fsp3) is 0.652. The van der Waals surface area contributed by atoms with E-state index in [9.17, 15) is 9.59 Å². The van der Waals surface area contributed by atoms with Crippen LogP contribution in [0.15, 0.2) is 30.3 Å². The molecular weight excluding hydrogens is 352 g/mol. The third-order valence-corrected chi connectivity index (χ3v) is 6.00. The highest BCUT2D eigenvalue weighted by Gasteiger charge is 2.25. The highest BCUT2D eigenvalue weighted by atomic mass is 16.5. The molecule has 1 aliphatic carbocycles. The second-order valence-corrected chi connectivity index (χ2v) is 8.48. The topological polar surface area (TPSA) is 58.6 Å². The number of carbonyl (C=O) groups excluding carboxylic acids is 2. The molecule has 1 N–H and O–H groups in total. The normalized spacial score (nSPS) is 21.5. The van der Waals surface area contributed by atoms with E-state index in [0.717, 1.165) is 58.2 Å². The summed E-state index contributed by atoms with van der Waals surface area (Å²) in [7, 11) is 0. The molecule has 2 atom stereocenters. The summed E-state index contributed by atoms with van der Waals surface area (Å²) >= 11 is 0. The van der Waals surface area contributed by atoms with E-state index >= 15 is 0 Å². The lowest BCUT2D eigenvalue weighted by Gasteiger charge is -2.17. The van der Waals surface area contributed by atoms with Crippen molar-refractivity contribution in [2.75, 3.05) is 19.7 Å². The highest BCUT2D eigenvalue weighted by molar-refractivity contribution is 5.80. The Morgan fingerprint density at radius 3 is 2.68 bits per heavy atom. The Bertz CT molecular complexity index is 628. The molecule has 0 radical (unpaired) electrons. The van der Waals surface area contributed by atoms with E-state index in [1.54, 1.807) is 0 Å². The van der Waals surface area contributed by atoms with Gasteiger partial charge in [-0.05, 0) is 50.6 Å². The van der Waals surface area contributed by atoms with E-state index in [2.05, 4.69) is 34.5 Å². The van der Waals surface area contributed by atoms with Crippen LogP contribution in [0.1, 0.15) is 57.4 Å². The minimum Gasteiger partial charge on any atom is -0.466 e. The van der Waals surface area contributed by atoms with Crippen LogP contribution in [0.5, 0.6) is 0 Å². The van der Waals surface area contributed by atoms with Gasteiger partial charge in [-0.1, -0.05) is 43.2 Å². The van der Waals surface area contributed by atoms with Crippen LogP contribution < -0.4 is 5.32 Å². The molecule has 1 amide bonds. The van der Waals surface area contributed by atoms with Gasteiger partial charge in [0.2, 0.25) is 5.91 Å². The largest absolute Gasteiger partial charge is 0.466 e. The quantitative estimate of drug-likeness (QED) is 0.660. The monoisotopic (exact) mass is 386 g/mol. The molecule has 1 heterocycles. The average molecular weight is 387 g/mol. The number of nitrogens with one attached hydrogen (secondary N) is 1. The molecule has 1 aliphatic heterocycles. The lowest BCUT2D eigenvalue weighted by molar-refractivity contribution is -0.144. The number of benzene rings is 1. The minimum atomic E-state index is -0.210. The van der Waals surface area contributed by atoms with Crippen LogP contribution >= 0.6 is 0 Å². The molecule has 1 saturated carbocycles. The smallest absolute Gasteiger partial charge is 0.307 e. The number of likely N-dealkylation sites (tertiary alicyclic amines) is 1. The van der Waals surface area contributed by atoms with Crippen molar-refractivity contribution in [2.24, 2.45) is 11.8 Å². The first-order valence-electron chi connectivity index (χ1n) is 10.8. The van der Waals surface area contributed by atoms with E-state index in [-0.39, 0.29) is 30.3 Å². The molecule has 2 fully saturated rings. The van der Waals surface area contributed by atoms with E-state index in [1.807, 2.05) is 13.0 Å². The number of hydrogen-bond donors (Lipinski definition) is 1. The molecule has 3 rings (SSSR count). The van der Waals surface area contributed by atoms with Gasteiger partial charge in [0.1, 0.15) is 0 Å². The predicted octanol–water partition coefficient (Wildman–Crippen LogP) is 3.53. The fourth-order valence-corrected chi connectivity index (χ4v) is 4.38. The number of ether oxygens (including phenoxy) is 1. The van der Waals surface area contributed by atoms with E-state index in [4.69, 9.17) is 4.74 Å². The Labute approximate surface area is 168 Å². The van der Waals surface area contributed by atoms with Crippen molar-refractivity contribution in [2.45, 2.75) is 64.5 Å². The van der Waals surface area contributed by atoms with Crippen LogP contribution in [-0.4, -0.2) is 42.5 Å². The van der Waals surface area contributed by atoms with Gasteiger partial charge in [-0.25, -0.2) is 0 Å². The maximum Gasteiger partial charge on any atom is 0.307 e. The molecule has 5 nitrogen and oxygen atoms in total. The lowest BCUT2D eigenvalue weighted by atomic mass is 10.1. The van der Waals surface area contributed by atoms with Crippen molar-refractivity contribution in [1.29, 1.82) is 0 Å². The standard InChI is InChI=1S/C23H34N2O3/c1-18(24-23(27)21-9-5-6-10-21)15-22(26)28-14-12-20-11-13-25(17-20)16-19-7-3-2-4-8-19/h2-4,7-8,18,20-21H,5-6,9-17H2,1H3,(H,24,27)/t18-,20-/m0/s1. The maximum absolute atomic E-state index is 12.1. The zero-order valence-corrected chi connectivity index (χ0v) is 17.1. The van der Waals surface area contributed by atoms with Crippen LogP contribution in [0.4, 0.5) is 0 Å². The van der Waals surface area contributed by atoms with Crippen molar-refractivity contribution >= 4 is 11.9 Å². The summed E-state index contributed by atoms with van der Waals surface area (Å²) < 4.78 is 5.43. The molecule has 1 aromatic rings. The molecule has 0 spiro atoms. The minimum absolute atomic E-state index is 0.0993. The zero-order chi connectivity index (χ0) is 19.8. The van der Waals surface area contributed by atoms with Crippen molar-refractivity contribution in [3.05, 3.63) is 35.9 Å². The Kier molecular flexibility index (Phi) is 7.90. The van der Waals surface area contributed by atoms with Gasteiger partial charge < -0.3 is 10.1 Å². The van der Waals surface area contributed by atoms with Gasteiger partial charge in [-0.3, -0.25) is 14.5 Å². The Hall–Kier alpha value is -1.88. The highest BCUT2D eigenvalue weighted by Crippen LogP contribution is 2.25. The number of rotatable bonds is 9. The Morgan fingerprint density at radius 2 is 1.93 bits per heavy atom. The lowest BCUT2D eigenvalue weighted by Crippen LogP contribution is -2.38. The number of carbonyl (C=O) groups is 2. The molecule has 0 aromatic heterocycles. The number of hydrogen-bond acceptors (Lipinski definition) is 4. The van der Waals surface area contributed by atoms with Crippen molar-refractivity contribution in [3.63, 3.8) is 0 Å². The first kappa shape index (κ1) is 20.8. The Balaban J connectivity index is 1.27. The van der Waals surface area contributed by atoms with Gasteiger partial charge in [-0.15, -0.1) is 0 Å². The summed E-state index contributed by atoms with van der Waals surface area (Å²) in [4.78, 5) is 26.6. The average Bonchev–Trinajstić information content (AvgIpc) is 3.35. The predicted molar refractivity (Wildman–Crippen MR) is 110 cm³/mol. The van der Waals surface area contributed by atoms with Gasteiger partial charge in [0.05, 0.1) is 13.0 Å². The molecule has 5 heteroatoms. The number of amides is 1. The van der Waals surface area contributed by atoms with Crippen LogP contribution in [-0.2, 0) is 20.9 Å². The molecule has 154 valence electrons. The third kappa shape index (κ3) is 6.62. The molecular formula is C23H34N2O3. The fourth-order valence-electron chi connectivity index (χ4n) is 4.38. The van der Waals surface area contributed by atoms with Crippen LogP contribution in [0.25, 0.3) is 0 Å².